The topological polar surface area (TPSA) is 71.2 Å². The van der Waals surface area contributed by atoms with Crippen LogP contribution in [-0.4, -0.2) is 50.9 Å². The summed E-state index contributed by atoms with van der Waals surface area (Å²) in [5.74, 6) is 1.64. The molecule has 3 heterocycles. The molecule has 2 aromatic heterocycles. The molecule has 0 amide bonds. The van der Waals surface area contributed by atoms with Crippen molar-refractivity contribution in [3.8, 4) is 0 Å². The zero-order chi connectivity index (χ0) is 13.9. The molecule has 2 aromatic rings. The second kappa shape index (κ2) is 5.70. The number of hydrogen-bond donors (Lipinski definition) is 1. The number of fused-ring (bicyclic) bond motifs is 1. The summed E-state index contributed by atoms with van der Waals surface area (Å²) in [6.07, 6.45) is 2.49. The molecule has 0 spiro atoms. The molecule has 1 aliphatic rings. The van der Waals surface area contributed by atoms with Crippen molar-refractivity contribution in [1.29, 1.82) is 0 Å². The third kappa shape index (κ3) is 2.87. The molecule has 0 aliphatic carbocycles. The number of anilines is 1. The van der Waals surface area contributed by atoms with Gasteiger partial charge in [0.05, 0.1) is 0 Å². The van der Waals surface area contributed by atoms with Crippen LogP contribution >= 0.6 is 0 Å². The average molecular weight is 275 g/mol. The van der Waals surface area contributed by atoms with Crippen molar-refractivity contribution in [2.45, 2.75) is 32.7 Å². The van der Waals surface area contributed by atoms with Gasteiger partial charge in [-0.05, 0) is 47.9 Å². The first-order valence-corrected chi connectivity index (χ1v) is 7.26. The first kappa shape index (κ1) is 13.2. The normalized spacial score (nSPS) is 19.9. The van der Waals surface area contributed by atoms with E-state index in [1.165, 1.54) is 17.5 Å². The lowest BCUT2D eigenvalue weighted by Crippen LogP contribution is -2.41. The van der Waals surface area contributed by atoms with Crippen LogP contribution in [0.25, 0.3) is 5.65 Å². The predicted octanol–water partition coefficient (Wildman–Crippen LogP) is 0.734. The Hall–Kier alpha value is -1.76. The van der Waals surface area contributed by atoms with Crippen LogP contribution in [-0.2, 0) is 0 Å². The molecule has 7 heteroatoms. The van der Waals surface area contributed by atoms with Crippen LogP contribution in [0.15, 0.2) is 12.1 Å². The standard InChI is InChI=1S/C13H21N7/c1-10(2)14-8-11-4-3-7-19(9-11)13-6-5-12-15-17-18-20(12)16-13/h5-6,10-11,14H,3-4,7-9H2,1-2H3. The fourth-order valence-corrected chi connectivity index (χ4v) is 2.65. The highest BCUT2D eigenvalue weighted by Gasteiger charge is 2.21. The summed E-state index contributed by atoms with van der Waals surface area (Å²) >= 11 is 0. The van der Waals surface area contributed by atoms with Crippen molar-refractivity contribution >= 4 is 11.5 Å². The maximum atomic E-state index is 4.47. The molecule has 0 radical (unpaired) electrons. The molecule has 7 nitrogen and oxygen atoms in total. The van der Waals surface area contributed by atoms with E-state index in [2.05, 4.69) is 44.7 Å². The smallest absolute Gasteiger partial charge is 0.200 e. The Kier molecular flexibility index (Phi) is 3.77. The summed E-state index contributed by atoms with van der Waals surface area (Å²) in [4.78, 5) is 2.33. The summed E-state index contributed by atoms with van der Waals surface area (Å²) in [5.41, 5.74) is 0.684. The first-order valence-electron chi connectivity index (χ1n) is 7.26. The van der Waals surface area contributed by atoms with Gasteiger partial charge >= 0.3 is 0 Å². The van der Waals surface area contributed by atoms with Gasteiger partial charge in [0.25, 0.3) is 0 Å². The van der Waals surface area contributed by atoms with Crippen LogP contribution in [0.4, 0.5) is 5.82 Å². The van der Waals surface area contributed by atoms with Crippen molar-refractivity contribution in [1.82, 2.24) is 30.6 Å². The summed E-state index contributed by atoms with van der Waals surface area (Å²) < 4.78 is 1.49. The number of aromatic nitrogens is 5. The molecule has 108 valence electrons. The van der Waals surface area contributed by atoms with Gasteiger partial charge < -0.3 is 10.2 Å². The zero-order valence-electron chi connectivity index (χ0n) is 12.0. The Bertz CT molecular complexity index is 565. The van der Waals surface area contributed by atoms with Gasteiger partial charge in [0, 0.05) is 19.1 Å². The van der Waals surface area contributed by atoms with E-state index in [9.17, 15) is 0 Å². The van der Waals surface area contributed by atoms with E-state index in [-0.39, 0.29) is 0 Å². The van der Waals surface area contributed by atoms with Gasteiger partial charge in [-0.25, -0.2) is 0 Å². The monoisotopic (exact) mass is 275 g/mol. The van der Waals surface area contributed by atoms with Gasteiger partial charge in [0.15, 0.2) is 11.5 Å². The fourth-order valence-electron chi connectivity index (χ4n) is 2.65. The summed E-state index contributed by atoms with van der Waals surface area (Å²) in [6, 6.07) is 4.46. The van der Waals surface area contributed by atoms with E-state index in [1.54, 1.807) is 0 Å². The first-order chi connectivity index (χ1) is 9.72. The maximum Gasteiger partial charge on any atom is 0.200 e. The minimum Gasteiger partial charge on any atom is -0.355 e. The maximum absolute atomic E-state index is 4.47. The fraction of sp³-hybridized carbons (Fsp3) is 0.692. The lowest BCUT2D eigenvalue weighted by atomic mass is 9.98. The third-order valence-corrected chi connectivity index (χ3v) is 3.71. The van der Waals surface area contributed by atoms with Crippen LogP contribution in [0, 0.1) is 5.92 Å². The molecule has 0 bridgehead atoms. The molecule has 1 fully saturated rings. The van der Waals surface area contributed by atoms with Gasteiger partial charge in [-0.1, -0.05) is 13.8 Å². The Morgan fingerprint density at radius 2 is 2.30 bits per heavy atom. The number of tetrazole rings is 1. The lowest BCUT2D eigenvalue weighted by Gasteiger charge is -2.33. The van der Waals surface area contributed by atoms with Gasteiger partial charge in [0.2, 0.25) is 0 Å². The van der Waals surface area contributed by atoms with Gasteiger partial charge in [0.1, 0.15) is 0 Å². The number of nitrogens with zero attached hydrogens (tertiary/aromatic N) is 6. The number of rotatable bonds is 4. The largest absolute Gasteiger partial charge is 0.355 e. The van der Waals surface area contributed by atoms with E-state index in [1.807, 2.05) is 12.1 Å². The second-order valence-corrected chi connectivity index (χ2v) is 5.74. The van der Waals surface area contributed by atoms with Crippen LogP contribution in [0.5, 0.6) is 0 Å². The van der Waals surface area contributed by atoms with Gasteiger partial charge in [-0.15, -0.1) is 14.8 Å². The minimum atomic E-state index is 0.543. The quantitative estimate of drug-likeness (QED) is 0.887. The molecule has 1 N–H and O–H groups in total. The number of nitrogens with one attached hydrogen (secondary N) is 1. The molecule has 1 atom stereocenters. The van der Waals surface area contributed by atoms with Crippen molar-refractivity contribution < 1.29 is 0 Å². The van der Waals surface area contributed by atoms with E-state index in [0.717, 1.165) is 25.5 Å². The summed E-state index contributed by atoms with van der Waals surface area (Å²) in [7, 11) is 0. The minimum absolute atomic E-state index is 0.543. The van der Waals surface area contributed by atoms with Crippen LogP contribution < -0.4 is 10.2 Å². The SMILES string of the molecule is CC(C)NCC1CCCN(c2ccc3nnnn3n2)C1. The van der Waals surface area contributed by atoms with Crippen molar-refractivity contribution in [2.75, 3.05) is 24.5 Å². The van der Waals surface area contributed by atoms with E-state index in [0.29, 0.717) is 17.6 Å². The molecular weight excluding hydrogens is 254 g/mol. The molecule has 1 aliphatic heterocycles. The van der Waals surface area contributed by atoms with E-state index >= 15 is 0 Å². The zero-order valence-corrected chi connectivity index (χ0v) is 12.0. The molecule has 20 heavy (non-hydrogen) atoms. The Balaban J connectivity index is 1.69. The lowest BCUT2D eigenvalue weighted by molar-refractivity contribution is 0.377. The number of piperidine rings is 1. The van der Waals surface area contributed by atoms with E-state index < -0.39 is 0 Å². The highest BCUT2D eigenvalue weighted by Crippen LogP contribution is 2.21. The highest BCUT2D eigenvalue weighted by atomic mass is 15.6. The molecule has 1 unspecified atom stereocenters. The van der Waals surface area contributed by atoms with Crippen molar-refractivity contribution in [2.24, 2.45) is 5.92 Å². The van der Waals surface area contributed by atoms with Gasteiger partial charge in [-0.2, -0.15) is 0 Å². The second-order valence-electron chi connectivity index (χ2n) is 5.74. The highest BCUT2D eigenvalue weighted by molar-refractivity contribution is 5.44. The third-order valence-electron chi connectivity index (χ3n) is 3.71. The molecule has 0 aromatic carbocycles. The Morgan fingerprint density at radius 3 is 3.15 bits per heavy atom. The summed E-state index contributed by atoms with van der Waals surface area (Å²) in [6.45, 7) is 7.54. The van der Waals surface area contributed by atoms with E-state index in [4.69, 9.17) is 0 Å². The van der Waals surface area contributed by atoms with Crippen LogP contribution in [0.1, 0.15) is 26.7 Å². The van der Waals surface area contributed by atoms with Crippen molar-refractivity contribution in [3.63, 3.8) is 0 Å². The Labute approximate surface area is 118 Å². The predicted molar refractivity (Wildman–Crippen MR) is 76.7 cm³/mol. The number of hydrogen-bond acceptors (Lipinski definition) is 6. The molecule has 3 rings (SSSR count). The molecule has 1 saturated heterocycles. The van der Waals surface area contributed by atoms with Crippen LogP contribution in [0.2, 0.25) is 0 Å². The summed E-state index contributed by atoms with van der Waals surface area (Å²) in [5, 5.41) is 19.4. The molecule has 0 saturated carbocycles. The molecular formula is C13H21N7. The van der Waals surface area contributed by atoms with Crippen LogP contribution in [0.3, 0.4) is 0 Å². The Morgan fingerprint density at radius 1 is 1.40 bits per heavy atom. The average Bonchev–Trinajstić information content (AvgIpc) is 2.93. The van der Waals surface area contributed by atoms with Gasteiger partial charge in [-0.3, -0.25) is 0 Å². The van der Waals surface area contributed by atoms with Crippen molar-refractivity contribution in [3.05, 3.63) is 12.1 Å².